The maximum absolute atomic E-state index is 10.3. The third-order valence-electron chi connectivity index (χ3n) is 1.59. The SMILES string of the molecule is C=C(C(=O)O)C([SiH3])CCC. The Hall–Kier alpha value is -0.573. The normalized spacial score (nSPS) is 12.9. The van der Waals surface area contributed by atoms with E-state index < -0.39 is 5.97 Å². The van der Waals surface area contributed by atoms with Crippen LogP contribution in [-0.4, -0.2) is 21.3 Å². The van der Waals surface area contributed by atoms with Crippen molar-refractivity contribution in [3.05, 3.63) is 12.2 Å². The highest BCUT2D eigenvalue weighted by atomic mass is 28.1. The summed E-state index contributed by atoms with van der Waals surface area (Å²) in [7, 11) is 0.900. The first-order chi connectivity index (χ1) is 4.59. The van der Waals surface area contributed by atoms with Gasteiger partial charge in [0.1, 0.15) is 0 Å². The minimum Gasteiger partial charge on any atom is -0.478 e. The van der Waals surface area contributed by atoms with E-state index in [-0.39, 0.29) is 5.54 Å². The maximum atomic E-state index is 10.3. The van der Waals surface area contributed by atoms with Crippen molar-refractivity contribution < 1.29 is 9.90 Å². The summed E-state index contributed by atoms with van der Waals surface area (Å²) in [5.74, 6) is -0.839. The fourth-order valence-electron chi connectivity index (χ4n) is 0.818. The summed E-state index contributed by atoms with van der Waals surface area (Å²) in [4.78, 5) is 10.3. The van der Waals surface area contributed by atoms with Gasteiger partial charge in [0.05, 0.1) is 0 Å². The molecule has 0 saturated heterocycles. The van der Waals surface area contributed by atoms with Gasteiger partial charge in [-0.2, -0.15) is 0 Å². The summed E-state index contributed by atoms with van der Waals surface area (Å²) < 4.78 is 0. The van der Waals surface area contributed by atoms with E-state index in [1.807, 2.05) is 0 Å². The van der Waals surface area contributed by atoms with Crippen molar-refractivity contribution in [2.24, 2.45) is 0 Å². The van der Waals surface area contributed by atoms with Crippen molar-refractivity contribution in [1.29, 1.82) is 0 Å². The Balaban J connectivity index is 3.82. The number of carboxylic acids is 1. The molecule has 3 heteroatoms. The van der Waals surface area contributed by atoms with Gasteiger partial charge >= 0.3 is 5.97 Å². The van der Waals surface area contributed by atoms with E-state index in [0.717, 1.165) is 23.1 Å². The highest BCUT2D eigenvalue weighted by molar-refractivity contribution is 6.17. The molecule has 0 spiro atoms. The first kappa shape index (κ1) is 9.43. The van der Waals surface area contributed by atoms with E-state index in [1.54, 1.807) is 0 Å². The molecule has 0 saturated carbocycles. The number of rotatable bonds is 4. The quantitative estimate of drug-likeness (QED) is 0.480. The predicted molar refractivity (Wildman–Crippen MR) is 45.4 cm³/mol. The van der Waals surface area contributed by atoms with Crippen LogP contribution in [0.15, 0.2) is 12.2 Å². The molecule has 0 heterocycles. The van der Waals surface area contributed by atoms with Crippen molar-refractivity contribution in [2.45, 2.75) is 25.3 Å². The van der Waals surface area contributed by atoms with Gasteiger partial charge in [-0.3, -0.25) is 0 Å². The van der Waals surface area contributed by atoms with Gasteiger partial charge in [-0.15, -0.1) is 0 Å². The standard InChI is InChI=1S/C7H14O2Si/c1-3-4-6(10)5(2)7(8)9/h6H,2-4H2,1,10H3,(H,8,9). The highest BCUT2D eigenvalue weighted by Gasteiger charge is 2.11. The Kier molecular flexibility index (Phi) is 4.03. The Morgan fingerprint density at radius 2 is 2.30 bits per heavy atom. The fourth-order valence-corrected chi connectivity index (χ4v) is 1.64. The molecule has 0 bridgehead atoms. The Labute approximate surface area is 64.4 Å². The van der Waals surface area contributed by atoms with E-state index in [4.69, 9.17) is 5.11 Å². The zero-order valence-corrected chi connectivity index (χ0v) is 8.55. The van der Waals surface area contributed by atoms with Crippen molar-refractivity contribution >= 4 is 16.2 Å². The van der Waals surface area contributed by atoms with Crippen molar-refractivity contribution in [3.8, 4) is 0 Å². The lowest BCUT2D eigenvalue weighted by Gasteiger charge is -2.07. The zero-order chi connectivity index (χ0) is 8.15. The monoisotopic (exact) mass is 158 g/mol. The molecule has 1 N–H and O–H groups in total. The number of carbonyl (C=O) groups is 1. The van der Waals surface area contributed by atoms with E-state index >= 15 is 0 Å². The lowest BCUT2D eigenvalue weighted by Crippen LogP contribution is -2.06. The summed E-state index contributed by atoms with van der Waals surface area (Å²) in [6.07, 6.45) is 2.01. The molecule has 0 aromatic heterocycles. The molecule has 0 radical (unpaired) electrons. The molecule has 0 fully saturated rings. The van der Waals surface area contributed by atoms with Crippen molar-refractivity contribution in [3.63, 3.8) is 0 Å². The van der Waals surface area contributed by atoms with Crippen LogP contribution in [0.2, 0.25) is 5.54 Å². The van der Waals surface area contributed by atoms with Crippen LogP contribution in [0.4, 0.5) is 0 Å². The average Bonchev–Trinajstić information content (AvgIpc) is 1.87. The van der Waals surface area contributed by atoms with Gasteiger partial charge < -0.3 is 5.11 Å². The van der Waals surface area contributed by atoms with Gasteiger partial charge in [0.25, 0.3) is 0 Å². The predicted octanol–water partition coefficient (Wildman–Crippen LogP) is 0.581. The summed E-state index contributed by atoms with van der Waals surface area (Å²) >= 11 is 0. The first-order valence-corrected chi connectivity index (χ1v) is 4.67. The second kappa shape index (κ2) is 4.28. The third-order valence-corrected chi connectivity index (χ3v) is 2.87. The molecule has 0 aliphatic rings. The lowest BCUT2D eigenvalue weighted by atomic mass is 10.1. The first-order valence-electron chi connectivity index (χ1n) is 3.51. The molecular formula is C7H14O2Si. The third kappa shape index (κ3) is 2.82. The summed E-state index contributed by atoms with van der Waals surface area (Å²) in [6.45, 7) is 5.56. The van der Waals surface area contributed by atoms with Crippen LogP contribution in [0, 0.1) is 0 Å². The van der Waals surface area contributed by atoms with Gasteiger partial charge in [-0.1, -0.05) is 19.9 Å². The lowest BCUT2D eigenvalue weighted by molar-refractivity contribution is -0.132. The van der Waals surface area contributed by atoms with Crippen LogP contribution in [-0.2, 0) is 4.79 Å². The van der Waals surface area contributed by atoms with Crippen LogP contribution in [0.5, 0.6) is 0 Å². The average molecular weight is 158 g/mol. The molecule has 0 amide bonds. The number of aliphatic carboxylic acids is 1. The van der Waals surface area contributed by atoms with Gasteiger partial charge in [-0.05, 0) is 12.0 Å². The summed E-state index contributed by atoms with van der Waals surface area (Å²) in [5, 5.41) is 8.50. The minimum atomic E-state index is -0.839. The fraction of sp³-hybridized carbons (Fsp3) is 0.571. The van der Waals surface area contributed by atoms with Crippen LogP contribution >= 0.6 is 0 Å². The molecule has 0 aliphatic heterocycles. The largest absolute Gasteiger partial charge is 0.478 e. The number of hydrogen-bond acceptors (Lipinski definition) is 1. The maximum Gasteiger partial charge on any atom is 0.330 e. The second-order valence-corrected chi connectivity index (χ2v) is 3.91. The molecule has 1 unspecified atom stereocenters. The smallest absolute Gasteiger partial charge is 0.330 e. The molecule has 0 rings (SSSR count). The van der Waals surface area contributed by atoms with E-state index in [9.17, 15) is 4.79 Å². The summed E-state index contributed by atoms with van der Waals surface area (Å²) in [5.41, 5.74) is 0.635. The van der Waals surface area contributed by atoms with E-state index in [1.165, 1.54) is 0 Å². The Bertz CT molecular complexity index is 143. The molecule has 0 aromatic rings. The minimum absolute atomic E-state index is 0.252. The molecule has 0 aliphatic carbocycles. The van der Waals surface area contributed by atoms with Crippen LogP contribution in [0.1, 0.15) is 19.8 Å². The highest BCUT2D eigenvalue weighted by Crippen LogP contribution is 2.17. The van der Waals surface area contributed by atoms with Crippen LogP contribution in [0.25, 0.3) is 0 Å². The topological polar surface area (TPSA) is 37.3 Å². The zero-order valence-electron chi connectivity index (χ0n) is 6.55. The van der Waals surface area contributed by atoms with Gasteiger partial charge in [0, 0.05) is 15.8 Å². The molecule has 1 atom stereocenters. The Morgan fingerprint density at radius 1 is 1.80 bits per heavy atom. The molecule has 58 valence electrons. The van der Waals surface area contributed by atoms with Crippen LogP contribution < -0.4 is 0 Å². The molecule has 2 nitrogen and oxygen atoms in total. The van der Waals surface area contributed by atoms with E-state index in [0.29, 0.717) is 5.57 Å². The number of hydrogen-bond donors (Lipinski definition) is 1. The van der Waals surface area contributed by atoms with Gasteiger partial charge in [0.15, 0.2) is 0 Å². The van der Waals surface area contributed by atoms with Crippen LogP contribution in [0.3, 0.4) is 0 Å². The van der Waals surface area contributed by atoms with Gasteiger partial charge in [0.2, 0.25) is 0 Å². The van der Waals surface area contributed by atoms with Crippen molar-refractivity contribution in [2.75, 3.05) is 0 Å². The van der Waals surface area contributed by atoms with Gasteiger partial charge in [-0.25, -0.2) is 4.79 Å². The summed E-state index contributed by atoms with van der Waals surface area (Å²) in [6, 6.07) is 0. The molecular weight excluding hydrogens is 144 g/mol. The Morgan fingerprint density at radius 3 is 2.60 bits per heavy atom. The molecule has 0 aromatic carbocycles. The van der Waals surface area contributed by atoms with E-state index in [2.05, 4.69) is 13.5 Å². The number of carboxylic acid groups (broad SMARTS) is 1. The second-order valence-electron chi connectivity index (χ2n) is 2.52. The molecule has 10 heavy (non-hydrogen) atoms. The van der Waals surface area contributed by atoms with Crippen molar-refractivity contribution in [1.82, 2.24) is 0 Å².